The Kier molecular flexibility index (Phi) is 4.89. The van der Waals surface area contributed by atoms with Gasteiger partial charge in [0.05, 0.1) is 17.9 Å². The quantitative estimate of drug-likeness (QED) is 0.546. The summed E-state index contributed by atoms with van der Waals surface area (Å²) in [5, 5.41) is 27.9. The normalized spacial score (nSPS) is 19.9. The lowest BCUT2D eigenvalue weighted by atomic mass is 9.72. The second-order valence-electron chi connectivity index (χ2n) is 8.21. The van der Waals surface area contributed by atoms with Gasteiger partial charge in [0.2, 0.25) is 5.88 Å². The van der Waals surface area contributed by atoms with Crippen molar-refractivity contribution in [2.45, 2.75) is 38.5 Å². The highest BCUT2D eigenvalue weighted by molar-refractivity contribution is 6.01. The van der Waals surface area contributed by atoms with E-state index < -0.39 is 0 Å². The molecule has 1 aliphatic heterocycles. The van der Waals surface area contributed by atoms with Gasteiger partial charge in [-0.3, -0.25) is 4.79 Å². The molecule has 0 radical (unpaired) electrons. The topological polar surface area (TPSA) is 105 Å². The third-order valence-electron chi connectivity index (χ3n) is 6.25. The number of Topliss-reactive ketones (excluding diaryl/α,β-unsaturated/α-hetero) is 1. The van der Waals surface area contributed by atoms with E-state index in [9.17, 15) is 15.0 Å². The zero-order valence-electron chi connectivity index (χ0n) is 17.9. The maximum Gasteiger partial charge on any atom is 0.233 e. The first-order valence-electron chi connectivity index (χ1n) is 10.7. The maximum atomic E-state index is 13.5. The average molecular weight is 432 g/mol. The molecule has 5 rings (SSSR count). The molecule has 2 aromatic carbocycles. The Morgan fingerprint density at radius 3 is 2.75 bits per heavy atom. The molecule has 3 N–H and O–H groups in total. The smallest absolute Gasteiger partial charge is 0.233 e. The second-order valence-corrected chi connectivity index (χ2v) is 8.21. The molecule has 0 fully saturated rings. The number of carbonyl (C=O) groups excluding carboxylic acids is 1. The van der Waals surface area contributed by atoms with Gasteiger partial charge in [-0.1, -0.05) is 29.4 Å². The Morgan fingerprint density at radius 2 is 1.97 bits per heavy atom. The molecule has 7 heteroatoms. The number of anilines is 1. The van der Waals surface area contributed by atoms with E-state index in [1.165, 1.54) is 0 Å². The number of allylic oxidation sites excluding steroid dienone is 2. The summed E-state index contributed by atoms with van der Waals surface area (Å²) in [5.41, 5.74) is 4.53. The first-order valence-corrected chi connectivity index (χ1v) is 10.7. The molecule has 0 saturated heterocycles. The van der Waals surface area contributed by atoms with Crippen molar-refractivity contribution in [2.75, 3.05) is 11.9 Å². The zero-order chi connectivity index (χ0) is 22.4. The number of benzene rings is 2. The molecule has 0 amide bonds. The predicted octanol–water partition coefficient (Wildman–Crippen LogP) is 4.75. The predicted molar refractivity (Wildman–Crippen MR) is 118 cm³/mol. The lowest BCUT2D eigenvalue weighted by Crippen LogP contribution is -2.29. The summed E-state index contributed by atoms with van der Waals surface area (Å²) in [5.74, 6) is 0.618. The van der Waals surface area contributed by atoms with Crippen LogP contribution in [0.1, 0.15) is 54.0 Å². The van der Waals surface area contributed by atoms with E-state index in [2.05, 4.69) is 10.5 Å². The highest BCUT2D eigenvalue weighted by Gasteiger charge is 2.41. The molecule has 0 bridgehead atoms. The minimum Gasteiger partial charge on any atom is -0.508 e. The van der Waals surface area contributed by atoms with Crippen LogP contribution in [-0.2, 0) is 4.79 Å². The van der Waals surface area contributed by atoms with Gasteiger partial charge in [0.1, 0.15) is 5.75 Å². The molecule has 32 heavy (non-hydrogen) atoms. The molecule has 0 saturated carbocycles. The van der Waals surface area contributed by atoms with E-state index in [-0.39, 0.29) is 29.1 Å². The van der Waals surface area contributed by atoms with E-state index in [1.54, 1.807) is 30.3 Å². The van der Waals surface area contributed by atoms with Gasteiger partial charge < -0.3 is 24.8 Å². The van der Waals surface area contributed by atoms with Crippen LogP contribution in [0.4, 0.5) is 5.88 Å². The van der Waals surface area contributed by atoms with Crippen molar-refractivity contribution in [1.29, 1.82) is 0 Å². The monoisotopic (exact) mass is 432 g/mol. The SMILES string of the molecule is CCOc1cc([C@H]2C3=C(C[C@@H](c4ccccc4O)CC3=O)Nc3onc(C)c32)ccc1O. The summed E-state index contributed by atoms with van der Waals surface area (Å²) >= 11 is 0. The van der Waals surface area contributed by atoms with E-state index in [4.69, 9.17) is 9.26 Å². The molecule has 2 atom stereocenters. The fraction of sp³-hybridized carbons (Fsp3) is 0.280. The number of nitrogens with zero attached hydrogens (tertiary/aromatic N) is 1. The van der Waals surface area contributed by atoms with Crippen molar-refractivity contribution < 1.29 is 24.3 Å². The number of hydrogen-bond acceptors (Lipinski definition) is 7. The number of ether oxygens (including phenoxy) is 1. The van der Waals surface area contributed by atoms with E-state index in [1.807, 2.05) is 26.0 Å². The van der Waals surface area contributed by atoms with Crippen LogP contribution in [0.15, 0.2) is 58.3 Å². The average Bonchev–Trinajstić information content (AvgIpc) is 3.14. The van der Waals surface area contributed by atoms with Crippen LogP contribution in [0.25, 0.3) is 0 Å². The number of aryl methyl sites for hydroxylation is 1. The van der Waals surface area contributed by atoms with Crippen LogP contribution in [0, 0.1) is 6.92 Å². The van der Waals surface area contributed by atoms with Gasteiger partial charge in [-0.25, -0.2) is 0 Å². The highest BCUT2D eigenvalue weighted by Crippen LogP contribution is 2.50. The van der Waals surface area contributed by atoms with Gasteiger partial charge >= 0.3 is 0 Å². The minimum atomic E-state index is -0.384. The van der Waals surface area contributed by atoms with Crippen molar-refractivity contribution in [1.82, 2.24) is 5.16 Å². The molecular weight excluding hydrogens is 408 g/mol. The summed E-state index contributed by atoms with van der Waals surface area (Å²) < 4.78 is 11.1. The number of phenolic OH excluding ortho intramolecular Hbond substituents is 2. The number of fused-ring (bicyclic) bond motifs is 1. The maximum absolute atomic E-state index is 13.5. The molecule has 1 aliphatic carbocycles. The number of nitrogens with one attached hydrogen (secondary N) is 1. The Bertz CT molecular complexity index is 1240. The molecule has 2 aliphatic rings. The number of hydrogen-bond donors (Lipinski definition) is 3. The molecule has 7 nitrogen and oxygen atoms in total. The Hall–Kier alpha value is -3.74. The molecule has 2 heterocycles. The zero-order valence-corrected chi connectivity index (χ0v) is 17.9. The lowest BCUT2D eigenvalue weighted by Gasteiger charge is -2.34. The van der Waals surface area contributed by atoms with Crippen LogP contribution in [0.3, 0.4) is 0 Å². The second kappa shape index (κ2) is 7.75. The molecule has 1 aromatic heterocycles. The Labute approximate surface area is 185 Å². The number of carbonyl (C=O) groups is 1. The first-order chi connectivity index (χ1) is 15.5. The number of aromatic hydroxyl groups is 2. The number of rotatable bonds is 4. The van der Waals surface area contributed by atoms with Crippen LogP contribution < -0.4 is 10.1 Å². The van der Waals surface area contributed by atoms with E-state index in [0.717, 1.165) is 22.4 Å². The Morgan fingerprint density at radius 1 is 1.16 bits per heavy atom. The molecule has 3 aromatic rings. The summed E-state index contributed by atoms with van der Waals surface area (Å²) in [4.78, 5) is 13.5. The van der Waals surface area contributed by atoms with E-state index >= 15 is 0 Å². The third-order valence-corrected chi connectivity index (χ3v) is 6.25. The summed E-state index contributed by atoms with van der Waals surface area (Å²) in [6.45, 7) is 4.11. The largest absolute Gasteiger partial charge is 0.508 e. The molecular formula is C25H24N2O5. The molecule has 0 spiro atoms. The van der Waals surface area contributed by atoms with Crippen molar-refractivity contribution in [2.24, 2.45) is 0 Å². The fourth-order valence-electron chi connectivity index (χ4n) is 4.84. The van der Waals surface area contributed by atoms with Crippen LogP contribution in [0.5, 0.6) is 17.2 Å². The highest BCUT2D eigenvalue weighted by atomic mass is 16.5. The van der Waals surface area contributed by atoms with Crippen LogP contribution in [0.2, 0.25) is 0 Å². The number of para-hydroxylation sites is 1. The van der Waals surface area contributed by atoms with Gasteiger partial charge in [-0.15, -0.1) is 0 Å². The molecule has 0 unspecified atom stereocenters. The van der Waals surface area contributed by atoms with Crippen LogP contribution in [-0.4, -0.2) is 27.8 Å². The summed E-state index contributed by atoms with van der Waals surface area (Å²) in [6, 6.07) is 12.3. The third kappa shape index (κ3) is 3.21. The molecule has 164 valence electrons. The summed E-state index contributed by atoms with van der Waals surface area (Å²) in [6.07, 6.45) is 0.857. The van der Waals surface area contributed by atoms with Gasteiger partial charge in [0, 0.05) is 29.5 Å². The van der Waals surface area contributed by atoms with Gasteiger partial charge in [0.15, 0.2) is 17.3 Å². The Balaban J connectivity index is 1.63. The standard InChI is InChI=1S/C25H24N2O5/c1-3-31-21-12-14(8-9-19(21)29)23-22-13(2)27-32-25(22)26-17-10-15(11-20(30)24(17)23)16-6-4-5-7-18(16)28/h4-9,12,15,23,26,28-29H,3,10-11H2,1-2H3/t15-,23-/m1/s1. The number of aromatic nitrogens is 1. The summed E-state index contributed by atoms with van der Waals surface area (Å²) in [7, 11) is 0. The number of phenols is 2. The van der Waals surface area contributed by atoms with Crippen molar-refractivity contribution in [3.63, 3.8) is 0 Å². The van der Waals surface area contributed by atoms with Crippen molar-refractivity contribution in [3.05, 3.63) is 76.1 Å². The van der Waals surface area contributed by atoms with Crippen molar-refractivity contribution >= 4 is 11.7 Å². The first kappa shape index (κ1) is 20.2. The van der Waals surface area contributed by atoms with Gasteiger partial charge in [-0.05, 0) is 49.6 Å². The van der Waals surface area contributed by atoms with Gasteiger partial charge in [-0.2, -0.15) is 0 Å². The van der Waals surface area contributed by atoms with Crippen LogP contribution >= 0.6 is 0 Å². The van der Waals surface area contributed by atoms with Crippen molar-refractivity contribution in [3.8, 4) is 17.2 Å². The van der Waals surface area contributed by atoms with E-state index in [0.29, 0.717) is 42.3 Å². The van der Waals surface area contributed by atoms with Gasteiger partial charge in [0.25, 0.3) is 0 Å². The lowest BCUT2D eigenvalue weighted by molar-refractivity contribution is -0.116. The minimum absolute atomic E-state index is 0.00860. The fourth-order valence-corrected chi connectivity index (χ4v) is 4.84. The number of ketones is 1.